The van der Waals surface area contributed by atoms with Crippen LogP contribution in [0.1, 0.15) is 48.8 Å². The van der Waals surface area contributed by atoms with Gasteiger partial charge < -0.3 is 19.7 Å². The van der Waals surface area contributed by atoms with Crippen molar-refractivity contribution in [3.8, 4) is 5.88 Å². The molecule has 1 aliphatic rings. The van der Waals surface area contributed by atoms with E-state index in [9.17, 15) is 4.79 Å². The van der Waals surface area contributed by atoms with Crippen LogP contribution in [0.25, 0.3) is 0 Å². The van der Waals surface area contributed by atoms with Crippen molar-refractivity contribution in [1.82, 2.24) is 20.0 Å². The minimum atomic E-state index is -0.572. The number of hydrogen-bond acceptors (Lipinski definition) is 9. The average molecular weight is 495 g/mol. The van der Waals surface area contributed by atoms with E-state index in [0.29, 0.717) is 36.3 Å². The van der Waals surface area contributed by atoms with Crippen LogP contribution >= 0.6 is 0 Å². The Hall–Kier alpha value is -3.50. The second kappa shape index (κ2) is 11.5. The van der Waals surface area contributed by atoms with Gasteiger partial charge in [-0.2, -0.15) is 0 Å². The molecule has 0 radical (unpaired) electrons. The summed E-state index contributed by atoms with van der Waals surface area (Å²) in [5.74, 6) is 0.827. The molecule has 2 N–H and O–H groups in total. The summed E-state index contributed by atoms with van der Waals surface area (Å²) in [6.45, 7) is 11.6. The van der Waals surface area contributed by atoms with Gasteiger partial charge in [-0.25, -0.2) is 9.97 Å². The number of nitrogens with zero attached hydrogens (tertiary/aromatic N) is 5. The van der Waals surface area contributed by atoms with Gasteiger partial charge in [0.05, 0.1) is 37.6 Å². The molecule has 1 aliphatic heterocycles. The molecule has 1 fully saturated rings. The van der Waals surface area contributed by atoms with Crippen LogP contribution in [0.15, 0.2) is 47.2 Å². The van der Waals surface area contributed by atoms with E-state index >= 15 is 0 Å². The van der Waals surface area contributed by atoms with Crippen LogP contribution in [-0.4, -0.2) is 65.4 Å². The smallest absolute Gasteiger partial charge is 0.252 e. The lowest BCUT2D eigenvalue weighted by atomic mass is 9.92. The molecule has 3 aromatic heterocycles. The second-order valence-electron chi connectivity index (χ2n) is 9.78. The normalized spacial score (nSPS) is 14.5. The lowest BCUT2D eigenvalue weighted by molar-refractivity contribution is 0.0357. The predicted octanol–water partition coefficient (Wildman–Crippen LogP) is 3.30. The fraction of sp³-hybridized carbons (Fsp3) is 0.462. The number of carbonyl (C=O) groups is 1. The Kier molecular flexibility index (Phi) is 8.17. The molecule has 0 spiro atoms. The van der Waals surface area contributed by atoms with Crippen molar-refractivity contribution < 1.29 is 18.8 Å². The van der Waals surface area contributed by atoms with E-state index in [1.807, 2.05) is 18.2 Å². The summed E-state index contributed by atoms with van der Waals surface area (Å²) >= 11 is 0. The molecular weight excluding hydrogens is 460 g/mol. The van der Waals surface area contributed by atoms with Crippen molar-refractivity contribution in [3.05, 3.63) is 59.5 Å². The molecule has 0 bridgehead atoms. The summed E-state index contributed by atoms with van der Waals surface area (Å²) in [6, 6.07) is 8.97. The molecule has 0 unspecified atom stereocenters. The number of nitrogens with two attached hydrogens (primary N) is 1. The minimum absolute atomic E-state index is 0.205. The van der Waals surface area contributed by atoms with Crippen LogP contribution < -0.4 is 15.4 Å². The summed E-state index contributed by atoms with van der Waals surface area (Å²) in [6.07, 6.45) is 4.23. The molecule has 0 aliphatic carbocycles. The standard InChI is InChI=1S/C26H34N6O4/c1-26(2,3)21-17-23(36-30-21)32(25-20(24(27)33)6-4-8-29-25)18-19-7-9-28-22(16-19)35-13-5-10-31-11-14-34-15-12-31/h4,6-9,16-17H,5,10-15,18H2,1-3H3,(H2,27,33). The molecule has 4 rings (SSSR count). The molecule has 0 aromatic carbocycles. The lowest BCUT2D eigenvalue weighted by Gasteiger charge is -2.26. The number of carbonyl (C=O) groups excluding carboxylic acids is 1. The van der Waals surface area contributed by atoms with E-state index in [1.165, 1.54) is 0 Å². The van der Waals surface area contributed by atoms with Gasteiger partial charge in [0.2, 0.25) is 11.8 Å². The highest BCUT2D eigenvalue weighted by atomic mass is 16.5. The highest BCUT2D eigenvalue weighted by Crippen LogP contribution is 2.32. The zero-order valence-electron chi connectivity index (χ0n) is 21.1. The molecule has 1 amide bonds. The maximum absolute atomic E-state index is 12.2. The van der Waals surface area contributed by atoms with Gasteiger partial charge in [-0.1, -0.05) is 25.9 Å². The fourth-order valence-corrected chi connectivity index (χ4v) is 3.91. The first kappa shape index (κ1) is 25.6. The van der Waals surface area contributed by atoms with E-state index < -0.39 is 5.91 Å². The van der Waals surface area contributed by atoms with Gasteiger partial charge in [-0.05, 0) is 30.2 Å². The first-order chi connectivity index (χ1) is 17.3. The monoisotopic (exact) mass is 494 g/mol. The Morgan fingerprint density at radius 2 is 1.97 bits per heavy atom. The highest BCUT2D eigenvalue weighted by Gasteiger charge is 2.25. The maximum atomic E-state index is 12.2. The number of ether oxygens (including phenoxy) is 2. The van der Waals surface area contributed by atoms with Crippen LogP contribution in [0, 0.1) is 0 Å². The zero-order chi connectivity index (χ0) is 25.5. The number of amides is 1. The Morgan fingerprint density at radius 3 is 2.69 bits per heavy atom. The van der Waals surface area contributed by atoms with Gasteiger partial charge in [-0.3, -0.25) is 14.6 Å². The Morgan fingerprint density at radius 1 is 1.17 bits per heavy atom. The number of primary amides is 1. The van der Waals surface area contributed by atoms with E-state index in [2.05, 4.69) is 40.8 Å². The third kappa shape index (κ3) is 6.58. The van der Waals surface area contributed by atoms with Crippen molar-refractivity contribution >= 4 is 17.6 Å². The topological polar surface area (TPSA) is 120 Å². The van der Waals surface area contributed by atoms with Crippen molar-refractivity contribution in [2.75, 3.05) is 44.4 Å². The van der Waals surface area contributed by atoms with Crippen LogP contribution in [-0.2, 0) is 16.7 Å². The van der Waals surface area contributed by atoms with Crippen molar-refractivity contribution in [1.29, 1.82) is 0 Å². The van der Waals surface area contributed by atoms with Gasteiger partial charge in [0.1, 0.15) is 5.82 Å². The first-order valence-electron chi connectivity index (χ1n) is 12.2. The van der Waals surface area contributed by atoms with Crippen molar-refractivity contribution in [2.45, 2.75) is 39.2 Å². The molecule has 1 saturated heterocycles. The van der Waals surface area contributed by atoms with Gasteiger partial charge in [0.25, 0.3) is 5.91 Å². The molecule has 3 aromatic rings. The molecule has 36 heavy (non-hydrogen) atoms. The molecule has 192 valence electrons. The lowest BCUT2D eigenvalue weighted by Crippen LogP contribution is -2.37. The van der Waals surface area contributed by atoms with Crippen LogP contribution in [0.5, 0.6) is 5.88 Å². The van der Waals surface area contributed by atoms with Gasteiger partial charge >= 0.3 is 0 Å². The summed E-state index contributed by atoms with van der Waals surface area (Å²) in [4.78, 5) is 25.1. The fourth-order valence-electron chi connectivity index (χ4n) is 3.91. The van der Waals surface area contributed by atoms with E-state index in [-0.39, 0.29) is 5.41 Å². The summed E-state index contributed by atoms with van der Waals surface area (Å²) in [5, 5.41) is 4.25. The minimum Gasteiger partial charge on any atom is -0.478 e. The molecular formula is C26H34N6O4. The first-order valence-corrected chi connectivity index (χ1v) is 12.2. The van der Waals surface area contributed by atoms with Crippen LogP contribution in [0.2, 0.25) is 0 Å². The number of rotatable bonds is 10. The number of hydrogen-bond donors (Lipinski definition) is 1. The highest BCUT2D eigenvalue weighted by molar-refractivity contribution is 5.98. The van der Waals surface area contributed by atoms with Crippen molar-refractivity contribution in [3.63, 3.8) is 0 Å². The van der Waals surface area contributed by atoms with Gasteiger partial charge in [-0.15, -0.1) is 0 Å². The quantitative estimate of drug-likeness (QED) is 0.423. The number of morpholine rings is 1. The van der Waals surface area contributed by atoms with E-state index in [1.54, 1.807) is 29.4 Å². The van der Waals surface area contributed by atoms with Crippen LogP contribution in [0.4, 0.5) is 11.7 Å². The second-order valence-corrected chi connectivity index (χ2v) is 9.78. The number of aromatic nitrogens is 3. The van der Waals surface area contributed by atoms with Crippen LogP contribution in [0.3, 0.4) is 0 Å². The Balaban J connectivity index is 1.51. The average Bonchev–Trinajstić information content (AvgIpc) is 3.37. The maximum Gasteiger partial charge on any atom is 0.252 e. The summed E-state index contributed by atoms with van der Waals surface area (Å²) in [5.41, 5.74) is 7.43. The third-order valence-corrected chi connectivity index (χ3v) is 5.95. The molecule has 10 nitrogen and oxygen atoms in total. The van der Waals surface area contributed by atoms with E-state index in [0.717, 1.165) is 50.5 Å². The molecule has 4 heterocycles. The molecule has 0 saturated carbocycles. The molecule has 10 heteroatoms. The zero-order valence-corrected chi connectivity index (χ0v) is 21.1. The summed E-state index contributed by atoms with van der Waals surface area (Å²) in [7, 11) is 0. The Bertz CT molecular complexity index is 1150. The summed E-state index contributed by atoms with van der Waals surface area (Å²) < 4.78 is 17.0. The third-order valence-electron chi connectivity index (χ3n) is 5.95. The Labute approximate surface area is 211 Å². The van der Waals surface area contributed by atoms with Gasteiger partial charge in [0.15, 0.2) is 0 Å². The number of anilines is 2. The van der Waals surface area contributed by atoms with Gasteiger partial charge in [0, 0.05) is 49.6 Å². The molecule has 0 atom stereocenters. The SMILES string of the molecule is CC(C)(C)c1cc(N(Cc2ccnc(OCCCN3CCOCC3)c2)c2ncccc2C(N)=O)on1. The predicted molar refractivity (Wildman–Crippen MR) is 135 cm³/mol. The largest absolute Gasteiger partial charge is 0.478 e. The van der Waals surface area contributed by atoms with E-state index in [4.69, 9.17) is 19.7 Å². The van der Waals surface area contributed by atoms with Crippen molar-refractivity contribution in [2.24, 2.45) is 5.73 Å². The number of pyridine rings is 2.